The van der Waals surface area contributed by atoms with Gasteiger partial charge >= 0.3 is 0 Å². The summed E-state index contributed by atoms with van der Waals surface area (Å²) in [5.74, 6) is -0.167. The molecule has 1 rings (SSSR count). The Kier molecular flexibility index (Phi) is 5.01. The van der Waals surface area contributed by atoms with Gasteiger partial charge in [0.05, 0.1) is 25.4 Å². The third-order valence-corrected chi connectivity index (χ3v) is 2.68. The van der Waals surface area contributed by atoms with E-state index in [9.17, 15) is 4.79 Å². The maximum Gasteiger partial charge on any atom is 0.246 e. The molecule has 0 heterocycles. The second-order valence-corrected chi connectivity index (χ2v) is 3.89. The third kappa shape index (κ3) is 3.77. The van der Waals surface area contributed by atoms with Gasteiger partial charge in [-0.1, -0.05) is 0 Å². The molecule has 0 bridgehead atoms. The van der Waals surface area contributed by atoms with E-state index in [2.05, 4.69) is 5.32 Å². The van der Waals surface area contributed by atoms with Crippen LogP contribution in [0.3, 0.4) is 0 Å². The van der Waals surface area contributed by atoms with Crippen molar-refractivity contribution < 1.29 is 19.4 Å². The number of carbonyl (C=O) groups excluding carboxylic acids is 1. The molecule has 88 valence electrons. The van der Waals surface area contributed by atoms with Crippen LogP contribution in [0.25, 0.3) is 0 Å². The fourth-order valence-electron chi connectivity index (χ4n) is 1.57. The van der Waals surface area contributed by atoms with Crippen LogP contribution < -0.4 is 5.32 Å². The van der Waals surface area contributed by atoms with E-state index in [4.69, 9.17) is 14.6 Å². The molecule has 5 nitrogen and oxygen atoms in total. The number of hydrogen-bond acceptors (Lipinski definition) is 4. The largest absolute Gasteiger partial charge is 0.394 e. The molecule has 0 aromatic heterocycles. The summed E-state index contributed by atoms with van der Waals surface area (Å²) in [7, 11) is 1.58. The Hall–Kier alpha value is -0.650. The maximum atomic E-state index is 11.4. The molecule has 0 aliphatic heterocycles. The van der Waals surface area contributed by atoms with E-state index in [-0.39, 0.29) is 24.7 Å². The van der Waals surface area contributed by atoms with Crippen molar-refractivity contribution in [2.24, 2.45) is 0 Å². The highest BCUT2D eigenvalue weighted by Crippen LogP contribution is 2.30. The Morgan fingerprint density at radius 1 is 1.47 bits per heavy atom. The quantitative estimate of drug-likeness (QED) is 0.574. The molecule has 0 spiro atoms. The Morgan fingerprint density at radius 3 is 2.67 bits per heavy atom. The lowest BCUT2D eigenvalue weighted by Crippen LogP contribution is -2.57. The van der Waals surface area contributed by atoms with Crippen molar-refractivity contribution in [1.29, 1.82) is 0 Å². The summed E-state index contributed by atoms with van der Waals surface area (Å²) in [5, 5.41) is 11.9. The zero-order chi connectivity index (χ0) is 11.1. The number of aliphatic hydroxyl groups excluding tert-OH is 1. The first-order valence-corrected chi connectivity index (χ1v) is 5.21. The monoisotopic (exact) mass is 217 g/mol. The van der Waals surface area contributed by atoms with Crippen LogP contribution in [0.4, 0.5) is 0 Å². The molecule has 1 aliphatic carbocycles. The number of aliphatic hydroxyl groups is 1. The maximum absolute atomic E-state index is 11.4. The van der Waals surface area contributed by atoms with E-state index >= 15 is 0 Å². The summed E-state index contributed by atoms with van der Waals surface area (Å²) in [6.45, 7) is 0.941. The average molecular weight is 217 g/mol. The van der Waals surface area contributed by atoms with Crippen molar-refractivity contribution in [1.82, 2.24) is 5.32 Å². The first-order valence-electron chi connectivity index (χ1n) is 5.21. The lowest BCUT2D eigenvalue weighted by atomic mass is 9.77. The van der Waals surface area contributed by atoms with Crippen molar-refractivity contribution in [3.05, 3.63) is 0 Å². The number of amides is 1. The molecule has 0 aromatic carbocycles. The number of carbonyl (C=O) groups is 1. The molecule has 5 heteroatoms. The smallest absolute Gasteiger partial charge is 0.246 e. The predicted molar refractivity (Wildman–Crippen MR) is 54.5 cm³/mol. The van der Waals surface area contributed by atoms with Gasteiger partial charge in [-0.25, -0.2) is 0 Å². The van der Waals surface area contributed by atoms with E-state index in [1.807, 2.05) is 0 Å². The van der Waals surface area contributed by atoms with Gasteiger partial charge in [-0.2, -0.15) is 0 Å². The molecule has 1 fully saturated rings. The van der Waals surface area contributed by atoms with Gasteiger partial charge in [0.25, 0.3) is 0 Å². The van der Waals surface area contributed by atoms with Gasteiger partial charge in [-0.3, -0.25) is 4.79 Å². The highest BCUT2D eigenvalue weighted by atomic mass is 16.5. The molecule has 0 atom stereocenters. The normalized spacial score (nSPS) is 18.3. The van der Waals surface area contributed by atoms with Gasteiger partial charge in [0.1, 0.15) is 6.61 Å². The van der Waals surface area contributed by atoms with Crippen molar-refractivity contribution in [3.8, 4) is 0 Å². The second-order valence-electron chi connectivity index (χ2n) is 3.89. The molecule has 1 aliphatic rings. The van der Waals surface area contributed by atoms with Crippen molar-refractivity contribution in [2.75, 3.05) is 33.5 Å². The fraction of sp³-hybridized carbons (Fsp3) is 0.900. The van der Waals surface area contributed by atoms with E-state index in [1.54, 1.807) is 7.11 Å². The van der Waals surface area contributed by atoms with Crippen LogP contribution in [0.15, 0.2) is 0 Å². The van der Waals surface area contributed by atoms with Crippen LogP contribution in [-0.2, 0) is 14.3 Å². The van der Waals surface area contributed by atoms with Crippen molar-refractivity contribution >= 4 is 5.91 Å². The molecule has 0 aromatic rings. The number of methoxy groups -OCH3 is 1. The van der Waals surface area contributed by atoms with Crippen LogP contribution in [0.2, 0.25) is 0 Å². The Labute approximate surface area is 89.8 Å². The summed E-state index contributed by atoms with van der Waals surface area (Å²) in [5.41, 5.74) is -0.373. The Bertz CT molecular complexity index is 198. The van der Waals surface area contributed by atoms with E-state index in [1.165, 1.54) is 0 Å². The molecule has 0 saturated heterocycles. The van der Waals surface area contributed by atoms with E-state index in [0.717, 1.165) is 19.3 Å². The number of hydrogen-bond donors (Lipinski definition) is 2. The lowest BCUT2D eigenvalue weighted by Gasteiger charge is -2.40. The molecule has 1 amide bonds. The van der Waals surface area contributed by atoms with E-state index < -0.39 is 0 Å². The average Bonchev–Trinajstić information content (AvgIpc) is 2.18. The lowest BCUT2D eigenvalue weighted by molar-refractivity contribution is -0.130. The number of nitrogens with one attached hydrogen (secondary N) is 1. The minimum Gasteiger partial charge on any atom is -0.394 e. The van der Waals surface area contributed by atoms with Crippen molar-refractivity contribution in [3.63, 3.8) is 0 Å². The predicted octanol–water partition coefficient (Wildman–Crippen LogP) is -0.319. The molecular weight excluding hydrogens is 198 g/mol. The van der Waals surface area contributed by atoms with Crippen molar-refractivity contribution in [2.45, 2.75) is 24.8 Å². The Morgan fingerprint density at radius 2 is 2.20 bits per heavy atom. The number of ether oxygens (including phenoxy) is 2. The van der Waals surface area contributed by atoms with Crippen LogP contribution in [0.1, 0.15) is 19.3 Å². The van der Waals surface area contributed by atoms with Gasteiger partial charge in [0.15, 0.2) is 0 Å². The zero-order valence-electron chi connectivity index (χ0n) is 9.12. The first kappa shape index (κ1) is 12.4. The standard InChI is InChI=1S/C10H19NO4/c1-14-5-6-15-7-9(13)11-10(8-12)3-2-4-10/h12H,2-8H2,1H3,(H,11,13). The van der Waals surface area contributed by atoms with Gasteiger partial charge in [-0.15, -0.1) is 0 Å². The Balaban J connectivity index is 2.12. The van der Waals surface area contributed by atoms with Gasteiger partial charge in [-0.05, 0) is 19.3 Å². The van der Waals surface area contributed by atoms with Crippen LogP contribution >= 0.6 is 0 Å². The first-order chi connectivity index (χ1) is 7.22. The summed E-state index contributed by atoms with van der Waals surface area (Å²) in [4.78, 5) is 11.4. The molecule has 0 radical (unpaired) electrons. The summed E-state index contributed by atoms with van der Waals surface area (Å²) in [6.07, 6.45) is 2.77. The summed E-state index contributed by atoms with van der Waals surface area (Å²) in [6, 6.07) is 0. The molecule has 2 N–H and O–H groups in total. The fourth-order valence-corrected chi connectivity index (χ4v) is 1.57. The molecule has 15 heavy (non-hydrogen) atoms. The second kappa shape index (κ2) is 6.05. The van der Waals surface area contributed by atoms with Crippen LogP contribution in [0.5, 0.6) is 0 Å². The van der Waals surface area contributed by atoms with E-state index in [0.29, 0.717) is 13.2 Å². The molecule has 0 unspecified atom stereocenters. The summed E-state index contributed by atoms with van der Waals surface area (Å²) < 4.78 is 9.86. The van der Waals surface area contributed by atoms with Gasteiger partial charge in [0, 0.05) is 7.11 Å². The minimum absolute atomic E-state index is 0.0107. The highest BCUT2D eigenvalue weighted by Gasteiger charge is 2.37. The SMILES string of the molecule is COCCOCC(=O)NC1(CO)CCC1. The van der Waals surface area contributed by atoms with Crippen LogP contribution in [-0.4, -0.2) is 50.1 Å². The third-order valence-electron chi connectivity index (χ3n) is 2.68. The number of rotatable bonds is 7. The van der Waals surface area contributed by atoms with Crippen LogP contribution in [0, 0.1) is 0 Å². The van der Waals surface area contributed by atoms with Gasteiger partial charge in [0.2, 0.25) is 5.91 Å². The zero-order valence-corrected chi connectivity index (χ0v) is 9.12. The molecule has 1 saturated carbocycles. The molecular formula is C10H19NO4. The highest BCUT2D eigenvalue weighted by molar-refractivity contribution is 5.78. The topological polar surface area (TPSA) is 67.8 Å². The van der Waals surface area contributed by atoms with Gasteiger partial charge < -0.3 is 19.9 Å². The minimum atomic E-state index is -0.373. The summed E-state index contributed by atoms with van der Waals surface area (Å²) >= 11 is 0.